The van der Waals surface area contributed by atoms with Crippen molar-refractivity contribution in [1.82, 2.24) is 43.8 Å². The van der Waals surface area contributed by atoms with Gasteiger partial charge in [-0.1, -0.05) is 119 Å². The predicted molar refractivity (Wildman–Crippen MR) is 369 cm³/mol. The van der Waals surface area contributed by atoms with Crippen molar-refractivity contribution < 1.29 is 184 Å². The molecular formula is C71H96ClF3N12Na2O20. The molecule has 6 atom stereocenters. The van der Waals surface area contributed by atoms with Crippen LogP contribution in [0.15, 0.2) is 131 Å². The molecule has 8 N–H and O–H groups in total. The van der Waals surface area contributed by atoms with Crippen molar-refractivity contribution in [3.8, 4) is 0 Å². The molecular weight excluding hydrogens is 1480 g/mol. The minimum absolute atomic E-state index is 0. The minimum atomic E-state index is -1.30. The number of urea groups is 1. The van der Waals surface area contributed by atoms with Gasteiger partial charge in [0.2, 0.25) is 24.6 Å². The molecule has 590 valence electrons. The Morgan fingerprint density at radius 1 is 0.587 bits per heavy atom. The van der Waals surface area contributed by atoms with E-state index in [9.17, 15) is 77.1 Å². The average molecular weight is 1580 g/mol. The third kappa shape index (κ3) is 37.0. The van der Waals surface area contributed by atoms with Gasteiger partial charge in [-0.3, -0.25) is 43.2 Å². The molecule has 3 fully saturated rings. The van der Waals surface area contributed by atoms with E-state index in [0.717, 1.165) is 85.6 Å². The van der Waals surface area contributed by atoms with E-state index >= 15 is 0 Å². The van der Waals surface area contributed by atoms with Crippen molar-refractivity contribution in [3.63, 3.8) is 0 Å². The van der Waals surface area contributed by atoms with E-state index in [1.54, 1.807) is 7.05 Å². The van der Waals surface area contributed by atoms with E-state index in [0.29, 0.717) is 124 Å². The van der Waals surface area contributed by atoms with Gasteiger partial charge in [-0.05, 0) is 107 Å². The quantitative estimate of drug-likeness (QED) is 0.0151. The van der Waals surface area contributed by atoms with E-state index in [4.69, 9.17) is 24.3 Å². The van der Waals surface area contributed by atoms with E-state index in [1.165, 1.54) is 42.2 Å². The summed E-state index contributed by atoms with van der Waals surface area (Å²) in [5.41, 5.74) is 1.84. The van der Waals surface area contributed by atoms with E-state index in [2.05, 4.69) is 34.0 Å². The van der Waals surface area contributed by atoms with Gasteiger partial charge in [0.25, 0.3) is 24.2 Å². The van der Waals surface area contributed by atoms with Crippen LogP contribution in [-0.4, -0.2) is 225 Å². The molecule has 0 spiro atoms. The Hall–Kier alpha value is -8.71. The number of hydrogen-bond acceptors (Lipinski definition) is 18. The fourth-order valence-electron chi connectivity index (χ4n) is 11.0. The van der Waals surface area contributed by atoms with Crippen LogP contribution in [0.5, 0.6) is 0 Å². The maximum absolute atomic E-state index is 13.5. The van der Waals surface area contributed by atoms with E-state index in [-0.39, 0.29) is 149 Å². The van der Waals surface area contributed by atoms with Gasteiger partial charge in [0.05, 0.1) is 43.5 Å². The number of carbonyl (C=O) groups excluding carboxylic acids is 11. The molecule has 2 aromatic carbocycles. The van der Waals surface area contributed by atoms with Crippen LogP contribution in [0.2, 0.25) is 0 Å². The summed E-state index contributed by atoms with van der Waals surface area (Å²) in [6, 6.07) is 23.6. The largest absolute Gasteiger partial charge is 1.00 e. The molecule has 0 aliphatic carbocycles. The molecule has 38 heteroatoms. The fourth-order valence-corrected chi connectivity index (χ4v) is 11.0. The number of carboxylic acid groups (broad SMARTS) is 1. The number of likely N-dealkylation sites (tertiary alicyclic amines) is 3. The summed E-state index contributed by atoms with van der Waals surface area (Å²) in [5.74, 6) is -5.13. The second-order valence-corrected chi connectivity index (χ2v) is 24.0. The Balaban J connectivity index is -0.00000140. The zero-order chi connectivity index (χ0) is 77.1. The van der Waals surface area contributed by atoms with Gasteiger partial charge in [0, 0.05) is 39.8 Å². The molecule has 0 radical (unpaired) electrons. The van der Waals surface area contributed by atoms with Crippen molar-refractivity contribution in [3.05, 3.63) is 161 Å². The molecule has 0 saturated carbocycles. The Kier molecular flexibility index (Phi) is 55.9. The van der Waals surface area contributed by atoms with Gasteiger partial charge in [0.1, 0.15) is 54.6 Å². The number of nitrogens with zero attached hydrogens (tertiary/aromatic N) is 12. The number of benzene rings is 2. The van der Waals surface area contributed by atoms with Crippen LogP contribution in [0.25, 0.3) is 0 Å². The topological polar surface area (TPSA) is 448 Å². The van der Waals surface area contributed by atoms with Crippen LogP contribution >= 0.6 is 0 Å². The zero-order valence-corrected chi connectivity index (χ0v) is 66.9. The summed E-state index contributed by atoms with van der Waals surface area (Å²) >= 11 is 0. The smallest absolute Gasteiger partial charge is 1.00 e. The maximum atomic E-state index is 13.5. The standard InChI is InChI=1S/C25H31FN4O5.C19H27FN4O4.C18H25FN4O5.C7H8.CH2O2.CO2.ClH.2Na.2H2O/c1-2-3-10-20(15-28(18-31)35-17-19-8-5-4-6-9-19)25(33)29-14-7-11-22(29)24(32)27-23-13-12-21(26)16-30(23)34;1-3-4-6-14(11-22(2)13-25)19(27)23-10-5-7-16(23)18(26)21-17-9-8-15(20)12-24(17)28;1-2-3-8-21(11-14(25)12-24)18(27)22-9-4-5-15(22)17(26)20-16-7-6-13(19)10-23(16)28;1-7-5-3-2-4-6-7;2*2-1-3;;;;;/h4-6,8-9,12-13,16,18,20,22,34H,2-3,7,10-11,14-15,17H2,1H3;8-9,12-14,16,28H,3-7,10-11H2,1-2H3;6-7,10,12,14-15,25,28H,2-5,8-9,11H2,1H3;2-6H,1H3;1H,(H,2,3);;1H;;;2*1H2/q;;;;;;;2*+1;;/p-2/t20-,22+;14-,16+;14?,15-;;;;;;;;/m110......../s1. The fraction of sp³-hybridized carbons (Fsp3) is 0.465. The summed E-state index contributed by atoms with van der Waals surface area (Å²) in [7, 11) is 1.62. The van der Waals surface area contributed by atoms with E-state index in [1.807, 2.05) is 69.3 Å². The molecule has 5 aromatic rings. The van der Waals surface area contributed by atoms with E-state index < -0.39 is 71.4 Å². The third-order valence-corrected chi connectivity index (χ3v) is 16.2. The second kappa shape index (κ2) is 58.3. The van der Waals surface area contributed by atoms with Gasteiger partial charge < -0.3 is 78.5 Å². The Morgan fingerprint density at radius 2 is 0.954 bits per heavy atom. The van der Waals surface area contributed by atoms with Gasteiger partial charge >= 0.3 is 71.3 Å². The van der Waals surface area contributed by atoms with Crippen molar-refractivity contribution in [1.29, 1.82) is 0 Å². The number of unbranched alkanes of at least 4 members (excludes halogenated alkanes) is 3. The first kappa shape index (κ1) is 104. The number of amides is 9. The molecule has 109 heavy (non-hydrogen) atoms. The number of hydroxylamine groups is 2. The number of aldehydes is 1. The van der Waals surface area contributed by atoms with Crippen molar-refractivity contribution in [2.24, 2.45) is 26.8 Å². The molecule has 9 amide bonds. The summed E-state index contributed by atoms with van der Waals surface area (Å²) in [6.07, 6.45) is 12.2. The minimum Gasteiger partial charge on any atom is -1.00 e. The monoisotopic (exact) mass is 1570 g/mol. The predicted octanol–water partition coefficient (Wildman–Crippen LogP) is -4.48. The molecule has 3 aliphatic rings. The summed E-state index contributed by atoms with van der Waals surface area (Å²) in [5, 5.41) is 46.8. The first-order valence-corrected chi connectivity index (χ1v) is 33.8. The summed E-state index contributed by atoms with van der Waals surface area (Å²) in [6.45, 7) is 9.76. The third-order valence-electron chi connectivity index (χ3n) is 16.2. The number of hydrogen-bond donors (Lipinski definition) is 5. The SMILES string of the molecule is CCCCN(CC(O)C=O)C(=O)N1CCC[C@H]1C(=O)N=c1ccc(F)cn1O.CCCC[C@H](CN(C)C=O)C(=O)N1CCC[C@H]1C(=O)N=c1ccc(F)cn1O.CCCC[C@H](CN(C=O)OCc1ccccc1)C(=O)N1CCC[C@H]1C(=O)N=c1ccc(F)cn1O.Cc1ccccc1.O.O=C=O.O=CO.[Cl-].[Na+].[Na+].[OH-]. The van der Waals surface area contributed by atoms with Crippen molar-refractivity contribution in [2.75, 3.05) is 52.9 Å². The van der Waals surface area contributed by atoms with Crippen molar-refractivity contribution in [2.45, 2.75) is 148 Å². The van der Waals surface area contributed by atoms with Gasteiger partial charge in [-0.2, -0.15) is 38.8 Å². The molecule has 3 aromatic heterocycles. The second-order valence-electron chi connectivity index (χ2n) is 24.0. The Labute approximate surface area is 679 Å². The number of carbonyl (C=O) groups is 10. The molecule has 3 saturated heterocycles. The average Bonchev–Trinajstić information content (AvgIpc) is 1.75. The number of aliphatic hydroxyl groups excluding tert-OH is 1. The maximum Gasteiger partial charge on any atom is 1.00 e. The molecule has 0 bridgehead atoms. The first-order chi connectivity index (χ1) is 49.9. The van der Waals surface area contributed by atoms with Gasteiger partial charge in [-0.25, -0.2) is 23.0 Å². The Bertz CT molecular complexity index is 3700. The van der Waals surface area contributed by atoms with Crippen LogP contribution in [0.1, 0.15) is 122 Å². The number of aromatic nitrogens is 3. The van der Waals surface area contributed by atoms with Gasteiger partial charge in [0.15, 0.2) is 16.5 Å². The zero-order valence-electron chi connectivity index (χ0n) is 62.2. The van der Waals surface area contributed by atoms with Crippen LogP contribution in [0.4, 0.5) is 18.0 Å². The molecule has 32 nitrogen and oxygen atoms in total. The van der Waals surface area contributed by atoms with Crippen LogP contribution < -0.4 is 88.0 Å². The van der Waals surface area contributed by atoms with Gasteiger partial charge in [-0.15, -0.1) is 0 Å². The first-order valence-electron chi connectivity index (χ1n) is 33.8. The van der Waals surface area contributed by atoms with Crippen molar-refractivity contribution >= 4 is 67.3 Å². The molecule has 3 aliphatic heterocycles. The van der Waals surface area contributed by atoms with Crippen LogP contribution in [0, 0.1) is 36.2 Å². The Morgan fingerprint density at radius 3 is 1.29 bits per heavy atom. The van der Waals surface area contributed by atoms with Crippen LogP contribution in [-0.2, 0) is 64.2 Å². The summed E-state index contributed by atoms with van der Waals surface area (Å²) < 4.78 is 40.7. The number of aliphatic hydroxyl groups is 1. The molecule has 1 unspecified atom stereocenters. The van der Waals surface area contributed by atoms with Crippen LogP contribution in [0.3, 0.4) is 0 Å². The molecule has 8 rings (SSSR count). The molecule has 6 heterocycles. The number of aryl methyl sites for hydroxylation is 1. The number of rotatable bonds is 26. The number of halogens is 4. The summed E-state index contributed by atoms with van der Waals surface area (Å²) in [4.78, 5) is 160. The number of pyridine rings is 3. The normalized spacial score (nSPS) is 15.5.